The normalized spacial score (nSPS) is 17.9. The molecule has 0 saturated carbocycles. The summed E-state index contributed by atoms with van der Waals surface area (Å²) in [4.78, 5) is 21.1. The molecule has 1 aliphatic rings. The average molecular weight is 406 g/mol. The molecular weight excluding hydrogens is 380 g/mol. The number of carbonyl (C=O) groups excluding carboxylic acids is 1. The zero-order chi connectivity index (χ0) is 20.9. The van der Waals surface area contributed by atoms with E-state index in [-0.39, 0.29) is 11.9 Å². The smallest absolute Gasteiger partial charge is 0.256 e. The molecule has 0 radical (unpaired) electrons. The highest BCUT2D eigenvalue weighted by molar-refractivity contribution is 5.97. The van der Waals surface area contributed by atoms with E-state index in [4.69, 9.17) is 0 Å². The average Bonchev–Trinajstić information content (AvgIpc) is 3.20. The van der Waals surface area contributed by atoms with Crippen molar-refractivity contribution in [2.24, 2.45) is 0 Å². The van der Waals surface area contributed by atoms with Gasteiger partial charge in [0.2, 0.25) is 0 Å². The van der Waals surface area contributed by atoms with Gasteiger partial charge in [0.05, 0.1) is 35.4 Å². The number of pyridine rings is 1. The van der Waals surface area contributed by atoms with Crippen LogP contribution in [0.3, 0.4) is 0 Å². The van der Waals surface area contributed by atoms with Crippen LogP contribution in [0.1, 0.15) is 48.3 Å². The van der Waals surface area contributed by atoms with Gasteiger partial charge in [-0.15, -0.1) is 0 Å². The molecule has 1 aromatic carbocycles. The first kappa shape index (κ1) is 20.0. The minimum atomic E-state index is -0.599. The third-order valence-corrected chi connectivity index (χ3v) is 5.33. The predicted octanol–water partition coefficient (Wildman–Crippen LogP) is 2.82. The highest BCUT2D eigenvalue weighted by Crippen LogP contribution is 2.21. The van der Waals surface area contributed by atoms with E-state index < -0.39 is 6.10 Å². The molecule has 2 unspecified atom stereocenters. The molecule has 0 aliphatic carbocycles. The number of rotatable bonds is 5. The number of hydrogen-bond donors (Lipinski definition) is 2. The number of para-hydroxylation sites is 1. The van der Waals surface area contributed by atoms with Crippen molar-refractivity contribution in [3.63, 3.8) is 0 Å². The summed E-state index contributed by atoms with van der Waals surface area (Å²) in [5.74, 6) is 0.756. The van der Waals surface area contributed by atoms with Gasteiger partial charge in [-0.05, 0) is 50.5 Å². The molecule has 0 bridgehead atoms. The maximum Gasteiger partial charge on any atom is 0.256 e. The van der Waals surface area contributed by atoms with Crippen LogP contribution in [-0.4, -0.2) is 55.0 Å². The molecule has 3 aromatic rings. The van der Waals surface area contributed by atoms with Crippen molar-refractivity contribution in [2.75, 3.05) is 18.4 Å². The van der Waals surface area contributed by atoms with Crippen LogP contribution in [0.2, 0.25) is 0 Å². The second-order valence-electron chi connectivity index (χ2n) is 7.52. The van der Waals surface area contributed by atoms with Crippen molar-refractivity contribution in [1.82, 2.24) is 24.9 Å². The Kier molecular flexibility index (Phi) is 6.04. The van der Waals surface area contributed by atoms with Gasteiger partial charge in [-0.2, -0.15) is 15.0 Å². The van der Waals surface area contributed by atoms with Gasteiger partial charge in [0.25, 0.3) is 5.91 Å². The standard InChI is InChI=1S/C22H26N6O2/c1-16(29)19-8-4-10-21(26-19)25-17-6-5-14-27(15-11-17)22(30)18-7-2-3-9-20(18)28-23-12-13-24-28/h2-4,7-10,12-13,16-17,29H,5-6,11,14-15H2,1H3,(H,25,26). The van der Waals surface area contributed by atoms with E-state index in [1.807, 2.05) is 47.4 Å². The maximum absolute atomic E-state index is 13.2. The molecule has 2 N–H and O–H groups in total. The van der Waals surface area contributed by atoms with E-state index >= 15 is 0 Å². The molecule has 1 aliphatic heterocycles. The minimum absolute atomic E-state index is 0.00206. The fraction of sp³-hybridized carbons (Fsp3) is 0.364. The van der Waals surface area contributed by atoms with Crippen molar-refractivity contribution < 1.29 is 9.90 Å². The van der Waals surface area contributed by atoms with Gasteiger partial charge in [-0.25, -0.2) is 4.98 Å². The SMILES string of the molecule is CC(O)c1cccc(NC2CCCN(C(=O)c3ccccc3-n3nccn3)CC2)n1. The van der Waals surface area contributed by atoms with Crippen molar-refractivity contribution in [3.05, 3.63) is 66.1 Å². The van der Waals surface area contributed by atoms with E-state index in [1.165, 1.54) is 4.80 Å². The molecule has 1 amide bonds. The van der Waals surface area contributed by atoms with E-state index in [9.17, 15) is 9.90 Å². The third-order valence-electron chi connectivity index (χ3n) is 5.33. The van der Waals surface area contributed by atoms with Crippen LogP contribution < -0.4 is 5.32 Å². The Bertz CT molecular complexity index is 989. The second-order valence-corrected chi connectivity index (χ2v) is 7.52. The number of aliphatic hydroxyl groups is 1. The molecule has 8 nitrogen and oxygen atoms in total. The fourth-order valence-electron chi connectivity index (χ4n) is 3.76. The molecule has 30 heavy (non-hydrogen) atoms. The Morgan fingerprint density at radius 1 is 1.10 bits per heavy atom. The molecule has 0 spiro atoms. The highest BCUT2D eigenvalue weighted by atomic mass is 16.3. The number of aliphatic hydroxyl groups excluding tert-OH is 1. The summed E-state index contributed by atoms with van der Waals surface area (Å²) in [5.41, 5.74) is 1.94. The number of nitrogens with one attached hydrogen (secondary N) is 1. The topological polar surface area (TPSA) is 96.2 Å². The number of anilines is 1. The first-order valence-corrected chi connectivity index (χ1v) is 10.3. The summed E-state index contributed by atoms with van der Waals surface area (Å²) in [6.07, 6.45) is 5.29. The van der Waals surface area contributed by atoms with Crippen molar-refractivity contribution >= 4 is 11.7 Å². The largest absolute Gasteiger partial charge is 0.387 e. The summed E-state index contributed by atoms with van der Waals surface area (Å²) in [5, 5.41) is 21.6. The number of nitrogens with zero attached hydrogens (tertiary/aromatic N) is 5. The summed E-state index contributed by atoms with van der Waals surface area (Å²) in [7, 11) is 0. The van der Waals surface area contributed by atoms with Crippen LogP contribution in [0.5, 0.6) is 0 Å². The molecule has 2 atom stereocenters. The van der Waals surface area contributed by atoms with E-state index in [2.05, 4.69) is 20.5 Å². The maximum atomic E-state index is 13.2. The number of likely N-dealkylation sites (tertiary alicyclic amines) is 1. The van der Waals surface area contributed by atoms with Gasteiger partial charge < -0.3 is 15.3 Å². The first-order chi connectivity index (χ1) is 14.6. The van der Waals surface area contributed by atoms with Gasteiger partial charge in [-0.1, -0.05) is 18.2 Å². The van der Waals surface area contributed by atoms with Crippen molar-refractivity contribution in [3.8, 4) is 5.69 Å². The first-order valence-electron chi connectivity index (χ1n) is 10.3. The molecule has 1 fully saturated rings. The molecule has 156 valence electrons. The molecule has 2 aromatic heterocycles. The van der Waals surface area contributed by atoms with Crippen LogP contribution in [0.15, 0.2) is 54.9 Å². The predicted molar refractivity (Wildman–Crippen MR) is 113 cm³/mol. The molecular formula is C22H26N6O2. The van der Waals surface area contributed by atoms with Gasteiger partial charge >= 0.3 is 0 Å². The lowest BCUT2D eigenvalue weighted by Crippen LogP contribution is -2.33. The van der Waals surface area contributed by atoms with Gasteiger partial charge in [-0.3, -0.25) is 4.79 Å². The number of carbonyl (C=O) groups is 1. The third kappa shape index (κ3) is 4.49. The number of aromatic nitrogens is 4. The van der Waals surface area contributed by atoms with Crippen LogP contribution >= 0.6 is 0 Å². The Hall–Kier alpha value is -3.26. The lowest BCUT2D eigenvalue weighted by molar-refractivity contribution is 0.0761. The summed E-state index contributed by atoms with van der Waals surface area (Å²) in [6, 6.07) is 13.3. The number of hydrogen-bond acceptors (Lipinski definition) is 6. The Morgan fingerprint density at radius 2 is 1.90 bits per heavy atom. The van der Waals surface area contributed by atoms with Crippen LogP contribution in [0.25, 0.3) is 5.69 Å². The van der Waals surface area contributed by atoms with E-state index in [0.717, 1.165) is 25.1 Å². The minimum Gasteiger partial charge on any atom is -0.387 e. The summed E-state index contributed by atoms with van der Waals surface area (Å²) >= 11 is 0. The summed E-state index contributed by atoms with van der Waals surface area (Å²) in [6.45, 7) is 3.07. The molecule has 3 heterocycles. The lowest BCUT2D eigenvalue weighted by atomic mass is 10.1. The van der Waals surface area contributed by atoms with Gasteiger partial charge in [0.1, 0.15) is 5.82 Å². The second kappa shape index (κ2) is 9.04. The van der Waals surface area contributed by atoms with Crippen LogP contribution in [0, 0.1) is 0 Å². The quantitative estimate of drug-likeness (QED) is 0.676. The molecule has 1 saturated heterocycles. The monoisotopic (exact) mass is 406 g/mol. The zero-order valence-electron chi connectivity index (χ0n) is 17.0. The van der Waals surface area contributed by atoms with Crippen molar-refractivity contribution in [1.29, 1.82) is 0 Å². The molecule has 4 rings (SSSR count). The van der Waals surface area contributed by atoms with Gasteiger partial charge in [0.15, 0.2) is 0 Å². The van der Waals surface area contributed by atoms with Crippen molar-refractivity contribution in [2.45, 2.75) is 38.3 Å². The van der Waals surface area contributed by atoms with Crippen LogP contribution in [0.4, 0.5) is 5.82 Å². The zero-order valence-corrected chi connectivity index (χ0v) is 17.0. The number of benzene rings is 1. The highest BCUT2D eigenvalue weighted by Gasteiger charge is 2.24. The number of amides is 1. The summed E-state index contributed by atoms with van der Waals surface area (Å²) < 4.78 is 0. The Balaban J connectivity index is 1.44. The fourth-order valence-corrected chi connectivity index (χ4v) is 3.76. The Morgan fingerprint density at radius 3 is 2.70 bits per heavy atom. The Labute approximate surface area is 175 Å². The van der Waals surface area contributed by atoms with Gasteiger partial charge in [0, 0.05) is 19.1 Å². The van der Waals surface area contributed by atoms with E-state index in [1.54, 1.807) is 19.3 Å². The lowest BCUT2D eigenvalue weighted by Gasteiger charge is -2.22. The van der Waals surface area contributed by atoms with E-state index in [0.29, 0.717) is 30.0 Å². The van der Waals surface area contributed by atoms with Crippen LogP contribution in [-0.2, 0) is 0 Å². The molecule has 8 heteroatoms.